The first-order valence-electron chi connectivity index (χ1n) is 4.99. The third kappa shape index (κ3) is 2.38. The Morgan fingerprint density at radius 1 is 1.35 bits per heavy atom. The normalized spacial score (nSPS) is 10.6. The SMILES string of the molecule is Cc1ccc(F)c(NCc2nnn(C)n2)c1F. The van der Waals surface area contributed by atoms with E-state index >= 15 is 0 Å². The number of hydrogen-bond acceptors (Lipinski definition) is 4. The molecule has 0 spiro atoms. The summed E-state index contributed by atoms with van der Waals surface area (Å²) in [5.41, 5.74) is 0.207. The van der Waals surface area contributed by atoms with E-state index in [1.165, 1.54) is 16.9 Å². The van der Waals surface area contributed by atoms with Crippen LogP contribution in [0.15, 0.2) is 12.1 Å². The molecular formula is C10H11F2N5. The molecule has 5 nitrogen and oxygen atoms in total. The van der Waals surface area contributed by atoms with Crippen molar-refractivity contribution >= 4 is 5.69 Å². The largest absolute Gasteiger partial charge is 0.373 e. The molecule has 0 aliphatic rings. The van der Waals surface area contributed by atoms with Crippen LogP contribution in [0.1, 0.15) is 11.4 Å². The molecular weight excluding hydrogens is 228 g/mol. The van der Waals surface area contributed by atoms with Gasteiger partial charge in [0.05, 0.1) is 13.6 Å². The van der Waals surface area contributed by atoms with Gasteiger partial charge in [0.25, 0.3) is 0 Å². The van der Waals surface area contributed by atoms with Crippen LogP contribution in [0.25, 0.3) is 0 Å². The van der Waals surface area contributed by atoms with E-state index < -0.39 is 11.6 Å². The number of tetrazole rings is 1. The van der Waals surface area contributed by atoms with Crippen molar-refractivity contribution in [2.24, 2.45) is 7.05 Å². The highest BCUT2D eigenvalue weighted by Gasteiger charge is 2.11. The number of hydrogen-bond donors (Lipinski definition) is 1. The first-order chi connectivity index (χ1) is 8.08. The molecule has 90 valence electrons. The topological polar surface area (TPSA) is 55.6 Å². The van der Waals surface area contributed by atoms with Crippen LogP contribution in [0.3, 0.4) is 0 Å². The fourth-order valence-corrected chi connectivity index (χ4v) is 1.38. The molecule has 0 bridgehead atoms. The van der Waals surface area contributed by atoms with Crippen LogP contribution in [0.4, 0.5) is 14.5 Å². The molecule has 0 fully saturated rings. The number of rotatable bonds is 3. The zero-order chi connectivity index (χ0) is 12.4. The lowest BCUT2D eigenvalue weighted by Gasteiger charge is -2.08. The maximum Gasteiger partial charge on any atom is 0.193 e. The standard InChI is InChI=1S/C10H11F2N5/c1-6-3-4-7(11)10(9(6)12)13-5-8-14-16-17(2)15-8/h3-4,13H,5H2,1-2H3. The van der Waals surface area contributed by atoms with E-state index in [0.717, 1.165) is 0 Å². The van der Waals surface area contributed by atoms with Gasteiger partial charge in [-0.05, 0) is 23.8 Å². The van der Waals surface area contributed by atoms with Crippen molar-refractivity contribution in [1.29, 1.82) is 0 Å². The molecule has 1 heterocycles. The summed E-state index contributed by atoms with van der Waals surface area (Å²) in [7, 11) is 1.62. The molecule has 0 amide bonds. The minimum atomic E-state index is -0.642. The smallest absolute Gasteiger partial charge is 0.193 e. The average Bonchev–Trinajstić information content (AvgIpc) is 2.70. The Labute approximate surface area is 96.4 Å². The third-order valence-electron chi connectivity index (χ3n) is 2.26. The molecule has 0 aliphatic heterocycles. The maximum atomic E-state index is 13.6. The van der Waals surface area contributed by atoms with Gasteiger partial charge in [-0.25, -0.2) is 8.78 Å². The van der Waals surface area contributed by atoms with Crippen molar-refractivity contribution in [2.45, 2.75) is 13.5 Å². The van der Waals surface area contributed by atoms with Gasteiger partial charge < -0.3 is 5.32 Å². The first-order valence-corrected chi connectivity index (χ1v) is 4.99. The fourth-order valence-electron chi connectivity index (χ4n) is 1.38. The molecule has 7 heteroatoms. The molecule has 1 aromatic heterocycles. The number of aromatic nitrogens is 4. The van der Waals surface area contributed by atoms with E-state index in [-0.39, 0.29) is 12.2 Å². The zero-order valence-electron chi connectivity index (χ0n) is 9.41. The van der Waals surface area contributed by atoms with E-state index in [9.17, 15) is 8.78 Å². The van der Waals surface area contributed by atoms with Crippen molar-refractivity contribution in [3.8, 4) is 0 Å². The summed E-state index contributed by atoms with van der Waals surface area (Å²) in [4.78, 5) is 1.28. The number of benzene rings is 1. The lowest BCUT2D eigenvalue weighted by Crippen LogP contribution is -2.06. The molecule has 0 atom stereocenters. The fraction of sp³-hybridized carbons (Fsp3) is 0.300. The van der Waals surface area contributed by atoms with Gasteiger partial charge in [-0.2, -0.15) is 4.80 Å². The first kappa shape index (κ1) is 11.4. The van der Waals surface area contributed by atoms with Gasteiger partial charge in [0, 0.05) is 0 Å². The summed E-state index contributed by atoms with van der Waals surface area (Å²) < 4.78 is 27.0. The lowest BCUT2D eigenvalue weighted by atomic mass is 10.2. The lowest BCUT2D eigenvalue weighted by molar-refractivity contribution is 0.581. The molecule has 2 rings (SSSR count). The molecule has 0 saturated heterocycles. The molecule has 0 radical (unpaired) electrons. The highest BCUT2D eigenvalue weighted by Crippen LogP contribution is 2.21. The van der Waals surface area contributed by atoms with E-state index in [2.05, 4.69) is 20.7 Å². The van der Waals surface area contributed by atoms with Crippen LogP contribution in [-0.2, 0) is 13.6 Å². The predicted octanol–water partition coefficient (Wildman–Crippen LogP) is 1.41. The molecule has 0 saturated carbocycles. The summed E-state index contributed by atoms with van der Waals surface area (Å²) in [5.74, 6) is -0.876. The van der Waals surface area contributed by atoms with Crippen LogP contribution in [0.5, 0.6) is 0 Å². The van der Waals surface area contributed by atoms with Crippen LogP contribution >= 0.6 is 0 Å². The molecule has 0 aliphatic carbocycles. The molecule has 2 aromatic rings. The van der Waals surface area contributed by atoms with Gasteiger partial charge in [-0.15, -0.1) is 10.2 Å². The maximum absolute atomic E-state index is 13.6. The van der Waals surface area contributed by atoms with Crippen LogP contribution < -0.4 is 5.32 Å². The van der Waals surface area contributed by atoms with E-state index in [1.807, 2.05) is 0 Å². The van der Waals surface area contributed by atoms with E-state index in [0.29, 0.717) is 11.4 Å². The number of anilines is 1. The average molecular weight is 239 g/mol. The van der Waals surface area contributed by atoms with Crippen molar-refractivity contribution in [3.05, 3.63) is 35.2 Å². The molecule has 1 aromatic carbocycles. The summed E-state index contributed by atoms with van der Waals surface area (Å²) in [5, 5.41) is 13.8. The molecule has 17 heavy (non-hydrogen) atoms. The predicted molar refractivity (Wildman–Crippen MR) is 57.2 cm³/mol. The van der Waals surface area contributed by atoms with Gasteiger partial charge in [0.1, 0.15) is 11.5 Å². The van der Waals surface area contributed by atoms with Gasteiger partial charge in [-0.1, -0.05) is 6.07 Å². The Kier molecular flexibility index (Phi) is 2.99. The number of nitrogens with zero attached hydrogens (tertiary/aromatic N) is 4. The van der Waals surface area contributed by atoms with E-state index in [1.54, 1.807) is 14.0 Å². The second-order valence-electron chi connectivity index (χ2n) is 3.60. The second kappa shape index (κ2) is 4.44. The third-order valence-corrected chi connectivity index (χ3v) is 2.26. The quantitative estimate of drug-likeness (QED) is 0.879. The zero-order valence-corrected chi connectivity index (χ0v) is 9.41. The monoisotopic (exact) mass is 239 g/mol. The van der Waals surface area contributed by atoms with Crippen LogP contribution in [-0.4, -0.2) is 20.2 Å². The van der Waals surface area contributed by atoms with Crippen LogP contribution in [0.2, 0.25) is 0 Å². The van der Waals surface area contributed by atoms with Crippen molar-refractivity contribution in [1.82, 2.24) is 20.2 Å². The Bertz CT molecular complexity index is 537. The second-order valence-corrected chi connectivity index (χ2v) is 3.60. The Balaban J connectivity index is 2.16. The van der Waals surface area contributed by atoms with Gasteiger partial charge in [-0.3, -0.25) is 0 Å². The summed E-state index contributed by atoms with van der Waals surface area (Å²) in [6.07, 6.45) is 0. The minimum Gasteiger partial charge on any atom is -0.373 e. The minimum absolute atomic E-state index is 0.116. The van der Waals surface area contributed by atoms with Crippen molar-refractivity contribution in [3.63, 3.8) is 0 Å². The molecule has 0 unspecified atom stereocenters. The number of halogens is 2. The Hall–Kier alpha value is -2.05. The Morgan fingerprint density at radius 2 is 2.12 bits per heavy atom. The summed E-state index contributed by atoms with van der Waals surface area (Å²) in [6, 6.07) is 2.60. The highest BCUT2D eigenvalue weighted by atomic mass is 19.1. The van der Waals surface area contributed by atoms with Gasteiger partial charge >= 0.3 is 0 Å². The number of nitrogens with one attached hydrogen (secondary N) is 1. The summed E-state index contributed by atoms with van der Waals surface area (Å²) >= 11 is 0. The molecule has 1 N–H and O–H groups in total. The summed E-state index contributed by atoms with van der Waals surface area (Å²) in [6.45, 7) is 1.69. The van der Waals surface area contributed by atoms with E-state index in [4.69, 9.17) is 0 Å². The van der Waals surface area contributed by atoms with Gasteiger partial charge in [0.2, 0.25) is 0 Å². The highest BCUT2D eigenvalue weighted by molar-refractivity contribution is 5.48. The number of aryl methyl sites for hydroxylation is 2. The van der Waals surface area contributed by atoms with Crippen molar-refractivity contribution < 1.29 is 8.78 Å². The van der Waals surface area contributed by atoms with Gasteiger partial charge in [0.15, 0.2) is 11.6 Å². The van der Waals surface area contributed by atoms with Crippen molar-refractivity contribution in [2.75, 3.05) is 5.32 Å². The Morgan fingerprint density at radius 3 is 2.76 bits per heavy atom. The van der Waals surface area contributed by atoms with Crippen LogP contribution in [0, 0.1) is 18.6 Å².